The minimum absolute atomic E-state index is 0.264. The molecule has 1 aromatic rings. The van der Waals surface area contributed by atoms with Crippen molar-refractivity contribution >= 4 is 30.2 Å². The maximum absolute atomic E-state index is 11.9. The van der Waals surface area contributed by atoms with Gasteiger partial charge in [0.25, 0.3) is 0 Å². The van der Waals surface area contributed by atoms with Gasteiger partial charge in [0.2, 0.25) is 0 Å². The first-order valence-corrected chi connectivity index (χ1v) is 7.41. The number of carbonyl (C=O) groups is 1. The standard InChI is InChI=1S/C14H18ClNO2S/c1-10(19)13(17)18-14(6-8-16-9-7-14)11-2-4-12(15)5-3-11/h2-5,10,16,19H,6-9H2,1H3/p+1. The summed E-state index contributed by atoms with van der Waals surface area (Å²) in [4.78, 5) is 11.9. The fourth-order valence-corrected chi connectivity index (χ4v) is 2.60. The zero-order chi connectivity index (χ0) is 13.9. The Labute approximate surface area is 124 Å². The van der Waals surface area contributed by atoms with Crippen molar-refractivity contribution in [2.45, 2.75) is 30.6 Å². The number of halogens is 1. The van der Waals surface area contributed by atoms with Crippen molar-refractivity contribution in [1.29, 1.82) is 0 Å². The Balaban J connectivity index is 2.28. The van der Waals surface area contributed by atoms with Crippen LogP contribution in [0, 0.1) is 0 Å². The van der Waals surface area contributed by atoms with Crippen molar-refractivity contribution in [2.24, 2.45) is 0 Å². The maximum Gasteiger partial charge on any atom is 0.319 e. The van der Waals surface area contributed by atoms with E-state index in [1.165, 1.54) is 0 Å². The molecule has 0 amide bonds. The van der Waals surface area contributed by atoms with Gasteiger partial charge in [-0.25, -0.2) is 0 Å². The average molecular weight is 301 g/mol. The van der Waals surface area contributed by atoms with Crippen LogP contribution in [0.25, 0.3) is 0 Å². The zero-order valence-corrected chi connectivity index (χ0v) is 12.6. The minimum atomic E-state index is -0.520. The van der Waals surface area contributed by atoms with Gasteiger partial charge < -0.3 is 10.1 Å². The first kappa shape index (κ1) is 14.7. The molecule has 0 spiro atoms. The quantitative estimate of drug-likeness (QED) is 0.660. The molecule has 5 heteroatoms. The molecule has 0 aliphatic carbocycles. The number of thiol groups is 1. The van der Waals surface area contributed by atoms with Crippen LogP contribution in [0.5, 0.6) is 0 Å². The van der Waals surface area contributed by atoms with Crippen molar-refractivity contribution < 1.29 is 14.8 Å². The molecule has 2 N–H and O–H groups in total. The van der Waals surface area contributed by atoms with Crippen molar-refractivity contribution in [3.05, 3.63) is 34.9 Å². The van der Waals surface area contributed by atoms with E-state index in [0.717, 1.165) is 31.5 Å². The van der Waals surface area contributed by atoms with Gasteiger partial charge in [-0.3, -0.25) is 4.79 Å². The van der Waals surface area contributed by atoms with E-state index in [-0.39, 0.29) is 5.97 Å². The predicted octanol–water partition coefficient (Wildman–Crippen LogP) is 1.75. The van der Waals surface area contributed by atoms with Gasteiger partial charge in [-0.05, 0) is 24.6 Å². The highest BCUT2D eigenvalue weighted by atomic mass is 35.5. The molecular formula is C14H19ClNO2S+. The van der Waals surface area contributed by atoms with E-state index in [1.807, 2.05) is 24.3 Å². The molecule has 0 radical (unpaired) electrons. The van der Waals surface area contributed by atoms with E-state index in [9.17, 15) is 4.79 Å². The predicted molar refractivity (Wildman–Crippen MR) is 78.6 cm³/mol. The summed E-state index contributed by atoms with van der Waals surface area (Å²) in [5, 5.41) is 2.52. The van der Waals surface area contributed by atoms with Gasteiger partial charge in [0.15, 0.2) is 0 Å². The van der Waals surface area contributed by atoms with E-state index in [2.05, 4.69) is 17.9 Å². The molecule has 1 fully saturated rings. The number of carbonyl (C=O) groups excluding carboxylic acids is 1. The number of rotatable bonds is 3. The second-order valence-electron chi connectivity index (χ2n) is 4.96. The van der Waals surface area contributed by atoms with Gasteiger partial charge in [0, 0.05) is 17.9 Å². The lowest BCUT2D eigenvalue weighted by Crippen LogP contribution is -2.87. The first-order valence-electron chi connectivity index (χ1n) is 6.52. The molecule has 1 heterocycles. The Bertz CT molecular complexity index is 441. The Kier molecular flexibility index (Phi) is 4.76. The molecule has 1 aliphatic rings. The van der Waals surface area contributed by atoms with Crippen LogP contribution >= 0.6 is 24.2 Å². The fraction of sp³-hybridized carbons (Fsp3) is 0.500. The summed E-state index contributed by atoms with van der Waals surface area (Å²) < 4.78 is 5.79. The van der Waals surface area contributed by atoms with Gasteiger partial charge >= 0.3 is 5.97 Å². The Hall–Kier alpha value is -0.710. The van der Waals surface area contributed by atoms with Crippen LogP contribution in [0.15, 0.2) is 24.3 Å². The molecule has 1 aromatic carbocycles. The molecule has 1 saturated heterocycles. The summed E-state index contributed by atoms with van der Waals surface area (Å²) >= 11 is 10.1. The van der Waals surface area contributed by atoms with E-state index in [1.54, 1.807) is 6.92 Å². The van der Waals surface area contributed by atoms with E-state index >= 15 is 0 Å². The summed E-state index contributed by atoms with van der Waals surface area (Å²) in [6.07, 6.45) is 1.64. The molecule has 0 saturated carbocycles. The molecule has 19 heavy (non-hydrogen) atoms. The summed E-state index contributed by atoms with van der Waals surface area (Å²) in [5.74, 6) is -0.264. The topological polar surface area (TPSA) is 42.9 Å². The van der Waals surface area contributed by atoms with E-state index in [0.29, 0.717) is 5.02 Å². The highest BCUT2D eigenvalue weighted by molar-refractivity contribution is 7.81. The van der Waals surface area contributed by atoms with E-state index < -0.39 is 10.9 Å². The lowest BCUT2D eigenvalue weighted by molar-refractivity contribution is -0.668. The third kappa shape index (κ3) is 3.44. The largest absolute Gasteiger partial charge is 0.453 e. The zero-order valence-electron chi connectivity index (χ0n) is 10.9. The average Bonchev–Trinajstić information content (AvgIpc) is 2.40. The van der Waals surface area contributed by atoms with Gasteiger partial charge in [-0.15, -0.1) is 0 Å². The summed E-state index contributed by atoms with van der Waals surface area (Å²) in [7, 11) is 0. The third-order valence-electron chi connectivity index (χ3n) is 3.51. The van der Waals surface area contributed by atoms with Crippen LogP contribution in [0.1, 0.15) is 25.3 Å². The van der Waals surface area contributed by atoms with Crippen LogP contribution in [0.4, 0.5) is 0 Å². The third-order valence-corrected chi connectivity index (χ3v) is 3.97. The van der Waals surface area contributed by atoms with Crippen molar-refractivity contribution in [3.8, 4) is 0 Å². The number of hydrogen-bond acceptors (Lipinski definition) is 3. The molecule has 1 aliphatic heterocycles. The second-order valence-corrected chi connectivity index (χ2v) is 6.18. The van der Waals surface area contributed by atoms with Gasteiger partial charge in [-0.2, -0.15) is 12.6 Å². The molecule has 0 bridgehead atoms. The summed E-state index contributed by atoms with van der Waals surface area (Å²) in [5.41, 5.74) is 0.500. The summed E-state index contributed by atoms with van der Waals surface area (Å²) in [6, 6.07) is 7.58. The number of hydrogen-bond donors (Lipinski definition) is 2. The van der Waals surface area contributed by atoms with Gasteiger partial charge in [-0.1, -0.05) is 23.7 Å². The van der Waals surface area contributed by atoms with Crippen LogP contribution in [-0.4, -0.2) is 24.3 Å². The molecule has 1 atom stereocenters. The molecule has 1 unspecified atom stereocenters. The Morgan fingerprint density at radius 3 is 2.47 bits per heavy atom. The minimum Gasteiger partial charge on any atom is -0.453 e. The molecule has 3 nitrogen and oxygen atoms in total. The van der Waals surface area contributed by atoms with Crippen LogP contribution in [0.3, 0.4) is 0 Å². The number of ether oxygens (including phenoxy) is 1. The summed E-state index contributed by atoms with van der Waals surface area (Å²) in [6.45, 7) is 3.64. The van der Waals surface area contributed by atoms with Crippen molar-refractivity contribution in [2.75, 3.05) is 13.1 Å². The first-order chi connectivity index (χ1) is 9.03. The fourth-order valence-electron chi connectivity index (χ4n) is 2.42. The number of quaternary nitrogens is 1. The number of esters is 1. The SMILES string of the molecule is CC(S)C(=O)OC1(c2ccc(Cl)cc2)CC[NH2+]CC1. The second kappa shape index (κ2) is 6.16. The number of benzene rings is 1. The molecule has 2 rings (SSSR count). The molecule has 0 aromatic heterocycles. The molecule has 104 valence electrons. The highest BCUT2D eigenvalue weighted by Gasteiger charge is 2.40. The highest BCUT2D eigenvalue weighted by Crippen LogP contribution is 2.35. The van der Waals surface area contributed by atoms with Crippen LogP contribution < -0.4 is 5.32 Å². The van der Waals surface area contributed by atoms with Crippen molar-refractivity contribution in [3.63, 3.8) is 0 Å². The van der Waals surface area contributed by atoms with Gasteiger partial charge in [0.1, 0.15) is 5.60 Å². The smallest absolute Gasteiger partial charge is 0.319 e. The van der Waals surface area contributed by atoms with E-state index in [4.69, 9.17) is 16.3 Å². The maximum atomic E-state index is 11.9. The van der Waals surface area contributed by atoms with Gasteiger partial charge in [0.05, 0.1) is 18.3 Å². The molecular weight excluding hydrogens is 282 g/mol. The normalized spacial score (nSPS) is 19.7. The number of nitrogens with two attached hydrogens (primary N) is 1. The van der Waals surface area contributed by atoms with Crippen LogP contribution in [0.2, 0.25) is 5.02 Å². The lowest BCUT2D eigenvalue weighted by Gasteiger charge is -2.36. The number of piperidine rings is 1. The monoisotopic (exact) mass is 300 g/mol. The Morgan fingerprint density at radius 2 is 1.95 bits per heavy atom. The Morgan fingerprint density at radius 1 is 1.37 bits per heavy atom. The van der Waals surface area contributed by atoms with Crippen LogP contribution in [-0.2, 0) is 15.1 Å². The lowest BCUT2D eigenvalue weighted by atomic mass is 9.84. The van der Waals surface area contributed by atoms with Crippen molar-refractivity contribution in [1.82, 2.24) is 0 Å².